The van der Waals surface area contributed by atoms with Gasteiger partial charge < -0.3 is 11.6 Å². The van der Waals surface area contributed by atoms with Gasteiger partial charge >= 0.3 is 63.3 Å². The summed E-state index contributed by atoms with van der Waals surface area (Å²) in [5.74, 6) is -3.65. The van der Waals surface area contributed by atoms with Crippen LogP contribution >= 0.6 is 0 Å². The third kappa shape index (κ3) is 10.3. The number of hydrogen-bond donors (Lipinski definition) is 2. The van der Waals surface area contributed by atoms with Crippen LogP contribution in [0.5, 0.6) is 0 Å². The fourth-order valence-corrected chi connectivity index (χ4v) is 0. The minimum atomic E-state index is -1.82. The van der Waals surface area contributed by atoms with Gasteiger partial charge in [0.2, 0.25) is 0 Å². The topological polar surface area (TPSA) is 74.6 Å². The molecule has 0 amide bonds. The third-order valence-electron chi connectivity index (χ3n) is 0.183. The van der Waals surface area contributed by atoms with Gasteiger partial charge in [-0.05, 0) is 0 Å². The SMILES string of the molecule is O=C(O)C(=O)O.[H-].[K+].[Ti]. The van der Waals surface area contributed by atoms with Crippen LogP contribution in [0.1, 0.15) is 1.43 Å². The minimum absolute atomic E-state index is 0. The first-order valence-electron chi connectivity index (χ1n) is 1.11. The molecule has 0 bridgehead atoms. The zero-order valence-corrected chi connectivity index (χ0v) is 8.90. The van der Waals surface area contributed by atoms with E-state index in [-0.39, 0.29) is 74.5 Å². The number of aliphatic carboxylic acids is 2. The van der Waals surface area contributed by atoms with Gasteiger partial charge in [0.15, 0.2) is 0 Å². The van der Waals surface area contributed by atoms with Crippen molar-refractivity contribution in [3.05, 3.63) is 0 Å². The van der Waals surface area contributed by atoms with Crippen molar-refractivity contribution in [2.45, 2.75) is 0 Å². The Hall–Kier alpha value is 1.29. The molecule has 8 heavy (non-hydrogen) atoms. The summed E-state index contributed by atoms with van der Waals surface area (Å²) in [6.45, 7) is 0. The number of hydrogen-bond acceptors (Lipinski definition) is 2. The molecule has 0 aliphatic carbocycles. The minimum Gasteiger partial charge on any atom is -1.00 e. The van der Waals surface area contributed by atoms with Crippen LogP contribution in [0.2, 0.25) is 0 Å². The van der Waals surface area contributed by atoms with E-state index in [1.807, 2.05) is 0 Å². The van der Waals surface area contributed by atoms with E-state index in [1.165, 1.54) is 0 Å². The Kier molecular flexibility index (Phi) is 16.7. The molecule has 6 heteroatoms. The number of rotatable bonds is 0. The van der Waals surface area contributed by atoms with Crippen LogP contribution in [0.3, 0.4) is 0 Å². The summed E-state index contributed by atoms with van der Waals surface area (Å²) in [7, 11) is 0. The molecule has 0 spiro atoms. The summed E-state index contributed by atoms with van der Waals surface area (Å²) in [6, 6.07) is 0. The predicted molar refractivity (Wildman–Crippen MR) is 16.4 cm³/mol. The molecule has 0 aromatic heterocycles. The summed E-state index contributed by atoms with van der Waals surface area (Å²) < 4.78 is 0. The molecule has 0 unspecified atom stereocenters. The molecule has 2 N–H and O–H groups in total. The van der Waals surface area contributed by atoms with Crippen molar-refractivity contribution >= 4 is 11.9 Å². The van der Waals surface area contributed by atoms with E-state index in [0.29, 0.717) is 0 Å². The van der Waals surface area contributed by atoms with Crippen molar-refractivity contribution in [2.24, 2.45) is 0 Å². The molecular formula is C2H3KO4Ti. The molecule has 40 valence electrons. The summed E-state index contributed by atoms with van der Waals surface area (Å²) >= 11 is 0. The second-order valence-electron chi connectivity index (χ2n) is 0.610. The molecule has 0 aromatic carbocycles. The molecule has 0 aliphatic heterocycles. The van der Waals surface area contributed by atoms with Gasteiger partial charge in [0.1, 0.15) is 0 Å². The maximum absolute atomic E-state index is 9.10. The van der Waals surface area contributed by atoms with Crippen LogP contribution in [0.25, 0.3) is 0 Å². The van der Waals surface area contributed by atoms with Gasteiger partial charge in [0, 0.05) is 21.7 Å². The van der Waals surface area contributed by atoms with E-state index in [0.717, 1.165) is 0 Å². The first-order chi connectivity index (χ1) is 2.64. The van der Waals surface area contributed by atoms with Gasteiger partial charge in [0.25, 0.3) is 0 Å². The monoisotopic (exact) mass is 178 g/mol. The van der Waals surface area contributed by atoms with Gasteiger partial charge in [-0.2, -0.15) is 0 Å². The van der Waals surface area contributed by atoms with E-state index in [4.69, 9.17) is 19.8 Å². The van der Waals surface area contributed by atoms with Crippen LogP contribution in [0, 0.1) is 0 Å². The first kappa shape index (κ1) is 16.1. The Balaban J connectivity index is -0.0000000417. The summed E-state index contributed by atoms with van der Waals surface area (Å²) in [6.07, 6.45) is 0. The van der Waals surface area contributed by atoms with E-state index >= 15 is 0 Å². The normalized spacial score (nSPS) is 5.50. The number of carbonyl (C=O) groups is 2. The van der Waals surface area contributed by atoms with E-state index < -0.39 is 11.9 Å². The maximum Gasteiger partial charge on any atom is 1.00 e. The zero-order chi connectivity index (χ0) is 5.15. The van der Waals surface area contributed by atoms with Gasteiger partial charge in [0.05, 0.1) is 0 Å². The average molecular weight is 178 g/mol. The second kappa shape index (κ2) is 8.29. The fourth-order valence-electron chi connectivity index (χ4n) is 0. The van der Waals surface area contributed by atoms with Crippen molar-refractivity contribution in [1.29, 1.82) is 0 Å². The van der Waals surface area contributed by atoms with Crippen LogP contribution in [0.4, 0.5) is 0 Å². The Labute approximate surface area is 104 Å². The molecule has 0 aromatic rings. The standard InChI is InChI=1S/C2H2O4.K.Ti.H/c3-1(4)2(5)6;;;/h(H,3,4)(H,5,6);;;/q;+1;;-1. The van der Waals surface area contributed by atoms with Crippen molar-refractivity contribution in [1.82, 2.24) is 0 Å². The van der Waals surface area contributed by atoms with Crippen LogP contribution in [-0.2, 0) is 31.3 Å². The van der Waals surface area contributed by atoms with Crippen LogP contribution < -0.4 is 51.4 Å². The smallest absolute Gasteiger partial charge is 1.00 e. The van der Waals surface area contributed by atoms with Crippen molar-refractivity contribution in [3.8, 4) is 0 Å². The molecule has 0 rings (SSSR count). The summed E-state index contributed by atoms with van der Waals surface area (Å²) in [4.78, 5) is 18.2. The van der Waals surface area contributed by atoms with Crippen molar-refractivity contribution < 1.29 is 94.3 Å². The summed E-state index contributed by atoms with van der Waals surface area (Å²) in [5, 5.41) is 14.8. The zero-order valence-electron chi connectivity index (χ0n) is 5.21. The van der Waals surface area contributed by atoms with E-state index in [1.54, 1.807) is 0 Å². The fraction of sp³-hybridized carbons (Fsp3) is 0. The van der Waals surface area contributed by atoms with Gasteiger partial charge in [-0.15, -0.1) is 0 Å². The molecule has 0 heterocycles. The largest absolute Gasteiger partial charge is 1.00 e. The second-order valence-corrected chi connectivity index (χ2v) is 0.610. The number of carboxylic acids is 2. The number of carboxylic acid groups (broad SMARTS) is 2. The molecule has 0 aliphatic rings. The Bertz CT molecular complexity index is 84.6. The first-order valence-corrected chi connectivity index (χ1v) is 1.11. The molecule has 4 nitrogen and oxygen atoms in total. The van der Waals surface area contributed by atoms with E-state index in [2.05, 4.69) is 0 Å². The van der Waals surface area contributed by atoms with Gasteiger partial charge in [-0.1, -0.05) is 0 Å². The summed E-state index contributed by atoms with van der Waals surface area (Å²) in [5.41, 5.74) is 0. The molecule has 0 fully saturated rings. The van der Waals surface area contributed by atoms with Gasteiger partial charge in [-0.25, -0.2) is 9.59 Å². The van der Waals surface area contributed by atoms with Crippen LogP contribution in [0.15, 0.2) is 0 Å². The Morgan fingerprint density at radius 1 is 1.12 bits per heavy atom. The Morgan fingerprint density at radius 3 is 1.25 bits per heavy atom. The van der Waals surface area contributed by atoms with E-state index in [9.17, 15) is 0 Å². The van der Waals surface area contributed by atoms with Crippen molar-refractivity contribution in [3.63, 3.8) is 0 Å². The molecule has 0 saturated carbocycles. The predicted octanol–water partition coefficient (Wildman–Crippen LogP) is -3.73. The molecule has 0 radical (unpaired) electrons. The maximum atomic E-state index is 9.10. The van der Waals surface area contributed by atoms with Gasteiger partial charge in [-0.3, -0.25) is 0 Å². The van der Waals surface area contributed by atoms with Crippen LogP contribution in [-0.4, -0.2) is 22.2 Å². The average Bonchev–Trinajstić information content (AvgIpc) is 1.36. The molecular weight excluding hydrogens is 175 g/mol. The van der Waals surface area contributed by atoms with Crippen molar-refractivity contribution in [2.75, 3.05) is 0 Å². The molecule has 0 atom stereocenters. The quantitative estimate of drug-likeness (QED) is 0.295. The third-order valence-corrected chi connectivity index (χ3v) is 0.183. The Morgan fingerprint density at radius 2 is 1.25 bits per heavy atom. The molecule has 0 saturated heterocycles.